The zero-order chi connectivity index (χ0) is 28.5. The second-order valence-corrected chi connectivity index (χ2v) is 11.9. The molecule has 220 valence electrons. The van der Waals surface area contributed by atoms with Crippen LogP contribution >= 0.6 is 19.2 Å². The summed E-state index contributed by atoms with van der Waals surface area (Å²) in [6, 6.07) is 0.228. The maximum atomic E-state index is 12.3. The van der Waals surface area contributed by atoms with Gasteiger partial charge < -0.3 is 44.6 Å². The van der Waals surface area contributed by atoms with Crippen LogP contribution in [0.4, 0.5) is 5.82 Å². The molecular weight excluding hydrogens is 577 g/mol. The smallest absolute Gasteiger partial charge is 0.361 e. The third kappa shape index (κ3) is 5.82. The number of ether oxygens (including phenoxy) is 3. The minimum atomic E-state index is -5.14. The van der Waals surface area contributed by atoms with Crippen molar-refractivity contribution in [3.05, 3.63) is 17.3 Å². The molecule has 5 atom stereocenters. The number of rotatable bonds is 12. The SMILES string of the molecule is O=P(O)(O)C(CO)(COCc1nn[nH]n1)OCC1O[C@@H](n2ncc3c(NC4CCCC4)nc(Cl)nc32)[C@H](O)[C@@H]1O. The van der Waals surface area contributed by atoms with Gasteiger partial charge in [0.15, 0.2) is 17.7 Å². The summed E-state index contributed by atoms with van der Waals surface area (Å²) in [5.41, 5.74) is 0.244. The normalized spacial score (nSPS) is 25.6. The van der Waals surface area contributed by atoms with E-state index in [4.69, 9.17) is 25.8 Å². The highest BCUT2D eigenvalue weighted by Gasteiger charge is 2.51. The minimum Gasteiger partial charge on any atom is -0.393 e. The number of tetrazole rings is 1. The molecule has 1 aliphatic carbocycles. The van der Waals surface area contributed by atoms with Crippen molar-refractivity contribution in [1.82, 2.24) is 40.4 Å². The van der Waals surface area contributed by atoms with Crippen LogP contribution in [-0.4, -0.2) is 115 Å². The van der Waals surface area contributed by atoms with Crippen LogP contribution in [0, 0.1) is 0 Å². The number of nitrogens with one attached hydrogen (secondary N) is 2. The van der Waals surface area contributed by atoms with Crippen LogP contribution in [0.5, 0.6) is 0 Å². The third-order valence-corrected chi connectivity index (χ3v) is 8.57. The van der Waals surface area contributed by atoms with Crippen LogP contribution in [0.3, 0.4) is 0 Å². The number of fused-ring (bicyclic) bond motifs is 1. The number of aliphatic hydroxyl groups excluding tert-OH is 3. The first-order valence-corrected chi connectivity index (χ1v) is 14.4. The third-order valence-electron chi connectivity index (χ3n) is 6.94. The number of H-pyrrole nitrogens is 1. The fourth-order valence-electron chi connectivity index (χ4n) is 4.70. The molecule has 4 heterocycles. The van der Waals surface area contributed by atoms with Crippen molar-refractivity contribution >= 4 is 36.0 Å². The Morgan fingerprint density at radius 2 is 2.02 bits per heavy atom. The molecule has 1 saturated heterocycles. The van der Waals surface area contributed by atoms with E-state index < -0.39 is 57.3 Å². The fraction of sp³-hybridized carbons (Fsp3) is 0.700. The molecular formula is C20H29ClN9O9P. The van der Waals surface area contributed by atoms with Crippen LogP contribution in [0.15, 0.2) is 6.20 Å². The summed E-state index contributed by atoms with van der Waals surface area (Å²) in [6.07, 6.45) is 0.0711. The largest absolute Gasteiger partial charge is 0.393 e. The molecule has 0 radical (unpaired) electrons. The van der Waals surface area contributed by atoms with E-state index in [0.29, 0.717) is 11.2 Å². The lowest BCUT2D eigenvalue weighted by Gasteiger charge is -2.33. The van der Waals surface area contributed by atoms with Crippen LogP contribution < -0.4 is 5.32 Å². The summed E-state index contributed by atoms with van der Waals surface area (Å²) in [5, 5.41) is 49.8. The highest BCUT2D eigenvalue weighted by Crippen LogP contribution is 2.51. The number of aliphatic hydroxyl groups is 3. The van der Waals surface area contributed by atoms with Gasteiger partial charge in [-0.05, 0) is 24.4 Å². The van der Waals surface area contributed by atoms with Crippen molar-refractivity contribution in [2.45, 2.75) is 68.2 Å². The van der Waals surface area contributed by atoms with Crippen molar-refractivity contribution in [2.24, 2.45) is 0 Å². The molecule has 0 amide bonds. The monoisotopic (exact) mass is 605 g/mol. The molecule has 2 unspecified atom stereocenters. The van der Waals surface area contributed by atoms with E-state index >= 15 is 0 Å². The lowest BCUT2D eigenvalue weighted by molar-refractivity contribution is -0.131. The first kappa shape index (κ1) is 29.1. The number of aromatic amines is 1. The molecule has 1 aliphatic heterocycles. The van der Waals surface area contributed by atoms with E-state index in [2.05, 4.69) is 41.0 Å². The molecule has 0 bridgehead atoms. The first-order chi connectivity index (χ1) is 19.1. The Morgan fingerprint density at radius 3 is 2.70 bits per heavy atom. The quantitative estimate of drug-likeness (QED) is 0.0971. The summed E-state index contributed by atoms with van der Waals surface area (Å²) in [4.78, 5) is 28.4. The number of hydrogen-bond donors (Lipinski definition) is 7. The lowest BCUT2D eigenvalue weighted by Crippen LogP contribution is -2.45. The maximum Gasteiger partial charge on any atom is 0.361 e. The summed E-state index contributed by atoms with van der Waals surface area (Å²) >= 11 is 6.17. The fourth-order valence-corrected chi connectivity index (χ4v) is 5.55. The molecule has 18 nitrogen and oxygen atoms in total. The van der Waals surface area contributed by atoms with E-state index in [9.17, 15) is 29.7 Å². The molecule has 20 heteroatoms. The molecule has 3 aromatic heterocycles. The van der Waals surface area contributed by atoms with Gasteiger partial charge in [0.2, 0.25) is 10.6 Å². The van der Waals surface area contributed by atoms with Crippen molar-refractivity contribution in [3.8, 4) is 0 Å². The van der Waals surface area contributed by atoms with Crippen molar-refractivity contribution in [3.63, 3.8) is 0 Å². The van der Waals surface area contributed by atoms with E-state index in [1.807, 2.05) is 0 Å². The van der Waals surface area contributed by atoms with Gasteiger partial charge in [-0.2, -0.15) is 20.3 Å². The van der Waals surface area contributed by atoms with E-state index in [1.54, 1.807) is 0 Å². The molecule has 5 rings (SSSR count). The summed E-state index contributed by atoms with van der Waals surface area (Å²) in [6.45, 7) is -2.80. The number of anilines is 1. The van der Waals surface area contributed by atoms with Crippen molar-refractivity contribution in [2.75, 3.05) is 25.1 Å². The molecule has 40 heavy (non-hydrogen) atoms. The van der Waals surface area contributed by atoms with Crippen LogP contribution in [0.1, 0.15) is 37.7 Å². The van der Waals surface area contributed by atoms with E-state index in [0.717, 1.165) is 25.7 Å². The van der Waals surface area contributed by atoms with Gasteiger partial charge in [-0.25, -0.2) is 4.68 Å². The van der Waals surface area contributed by atoms with Crippen LogP contribution in [-0.2, 0) is 25.4 Å². The van der Waals surface area contributed by atoms with Crippen molar-refractivity contribution in [1.29, 1.82) is 0 Å². The van der Waals surface area contributed by atoms with Gasteiger partial charge in [-0.15, -0.1) is 10.2 Å². The number of hydrogen-bond acceptors (Lipinski definition) is 14. The second-order valence-electron chi connectivity index (χ2n) is 9.62. The molecule has 2 aliphatic rings. The summed E-state index contributed by atoms with van der Waals surface area (Å²) in [7, 11) is -5.14. The molecule has 7 N–H and O–H groups in total. The van der Waals surface area contributed by atoms with Gasteiger partial charge >= 0.3 is 7.60 Å². The van der Waals surface area contributed by atoms with Gasteiger partial charge in [-0.3, -0.25) is 4.57 Å². The summed E-state index contributed by atoms with van der Waals surface area (Å²) in [5.74, 6) is 0.589. The molecule has 2 fully saturated rings. The lowest BCUT2D eigenvalue weighted by atomic mass is 10.1. The zero-order valence-electron chi connectivity index (χ0n) is 20.9. The predicted octanol–water partition coefficient (Wildman–Crippen LogP) is -0.934. The number of aromatic nitrogens is 8. The van der Waals surface area contributed by atoms with Gasteiger partial charge in [0.05, 0.1) is 31.4 Å². The number of nitrogens with zero attached hydrogens (tertiary/aromatic N) is 7. The first-order valence-electron chi connectivity index (χ1n) is 12.4. The molecule has 1 saturated carbocycles. The Kier molecular flexibility index (Phi) is 8.63. The predicted molar refractivity (Wildman–Crippen MR) is 134 cm³/mol. The van der Waals surface area contributed by atoms with Crippen molar-refractivity contribution < 1.29 is 43.9 Å². The Hall–Kier alpha value is -2.38. The average Bonchev–Trinajstić information content (AvgIpc) is 3.71. The topological polar surface area (TPSA) is 256 Å². The molecule has 0 aromatic carbocycles. The second kappa shape index (κ2) is 11.8. The van der Waals surface area contributed by atoms with Gasteiger partial charge in [-0.1, -0.05) is 18.1 Å². The number of halogens is 1. The zero-order valence-corrected chi connectivity index (χ0v) is 22.6. The highest BCUT2D eigenvalue weighted by molar-refractivity contribution is 7.53. The van der Waals surface area contributed by atoms with E-state index in [1.165, 1.54) is 10.9 Å². The Balaban J connectivity index is 1.31. The van der Waals surface area contributed by atoms with Crippen LogP contribution in [0.25, 0.3) is 11.0 Å². The average molecular weight is 606 g/mol. The van der Waals surface area contributed by atoms with Crippen LogP contribution in [0.2, 0.25) is 5.28 Å². The maximum absolute atomic E-state index is 12.3. The Bertz CT molecular complexity index is 1340. The van der Waals surface area contributed by atoms with Gasteiger partial charge in [0.1, 0.15) is 30.7 Å². The summed E-state index contributed by atoms with van der Waals surface area (Å²) < 4.78 is 30.1. The highest BCUT2D eigenvalue weighted by atomic mass is 35.5. The molecule has 0 spiro atoms. The Morgan fingerprint density at radius 1 is 1.25 bits per heavy atom. The van der Waals surface area contributed by atoms with Gasteiger partial charge in [0, 0.05) is 6.04 Å². The molecule has 3 aromatic rings. The van der Waals surface area contributed by atoms with E-state index in [-0.39, 0.29) is 29.4 Å². The Labute approximate surface area is 231 Å². The van der Waals surface area contributed by atoms with Gasteiger partial charge in [0.25, 0.3) is 0 Å². The minimum absolute atomic E-state index is 0.0575. The standard InChI is InChI=1S/C20H29ClN9O9P/c21-19-24-16(23-10-3-1-2-4-10)11-5-22-30(17(11)25-19)18-15(33)14(32)12(39-18)6-38-20(8-31,40(34,35)36)9-37-7-13-26-28-29-27-13/h5,10,12,14-15,18,31-33H,1-4,6-9H2,(H,23,24,25)(H2,34,35,36)(H,26,27,28,29)/t12?,14-,15-,18-,20?/m1/s1.